The lowest BCUT2D eigenvalue weighted by molar-refractivity contribution is -0.163. The van der Waals surface area contributed by atoms with Gasteiger partial charge in [-0.25, -0.2) is 0 Å². The van der Waals surface area contributed by atoms with Gasteiger partial charge in [0.25, 0.3) is 0 Å². The predicted molar refractivity (Wildman–Crippen MR) is 108 cm³/mol. The minimum absolute atomic E-state index is 0.00893. The molecule has 1 heterocycles. The first-order valence-corrected chi connectivity index (χ1v) is 9.65. The summed E-state index contributed by atoms with van der Waals surface area (Å²) >= 11 is 0. The molecule has 0 aliphatic heterocycles. The Bertz CT molecular complexity index is 1040. The zero-order chi connectivity index (χ0) is 21.9. The van der Waals surface area contributed by atoms with Crippen molar-refractivity contribution >= 4 is 16.7 Å². The third-order valence-corrected chi connectivity index (χ3v) is 5.04. The Morgan fingerprint density at radius 3 is 2.53 bits per heavy atom. The van der Waals surface area contributed by atoms with Gasteiger partial charge in [-0.1, -0.05) is 36.4 Å². The maximum Gasteiger partial charge on any atom is 0.413 e. The molecule has 0 radical (unpaired) electrons. The molecule has 0 saturated carbocycles. The van der Waals surface area contributed by atoms with Gasteiger partial charge in [-0.15, -0.1) is 0 Å². The summed E-state index contributed by atoms with van der Waals surface area (Å²) in [5, 5.41) is 8.13. The van der Waals surface area contributed by atoms with Gasteiger partial charge in [0, 0.05) is 30.1 Å². The number of aromatic nitrogens is 2. The van der Waals surface area contributed by atoms with Crippen molar-refractivity contribution in [3.63, 3.8) is 0 Å². The van der Waals surface area contributed by atoms with Gasteiger partial charge in [0.15, 0.2) is 6.04 Å². The number of ether oxygens (including phenoxy) is 1. The van der Waals surface area contributed by atoms with Gasteiger partial charge in [0.05, 0.1) is 12.3 Å². The van der Waals surface area contributed by atoms with Gasteiger partial charge in [-0.3, -0.25) is 9.48 Å². The van der Waals surface area contributed by atoms with Gasteiger partial charge < -0.3 is 10.1 Å². The molecule has 0 bridgehead atoms. The molecule has 1 amide bonds. The standard InChI is InChI=1S/C22H24F3N3O2/c1-14-20(15(2)28(3)27-14)21(22(23,24)25)26-19(29)12-7-13-30-18-11-6-9-16-8-4-5-10-17(16)18/h4-6,8-11,21H,7,12-13H2,1-3H3,(H,26,29). The highest BCUT2D eigenvalue weighted by Gasteiger charge is 2.44. The van der Waals surface area contributed by atoms with Crippen molar-refractivity contribution in [3.05, 3.63) is 59.4 Å². The quantitative estimate of drug-likeness (QED) is 0.562. The number of nitrogens with zero attached hydrogens (tertiary/aromatic N) is 2. The van der Waals surface area contributed by atoms with Crippen LogP contribution in [0.1, 0.15) is 35.8 Å². The molecule has 3 rings (SSSR count). The first-order chi connectivity index (χ1) is 14.2. The van der Waals surface area contributed by atoms with E-state index >= 15 is 0 Å². The Kier molecular flexibility index (Phi) is 6.34. The molecule has 1 N–H and O–H groups in total. The number of fused-ring (bicyclic) bond motifs is 1. The molecule has 1 unspecified atom stereocenters. The van der Waals surface area contributed by atoms with E-state index in [9.17, 15) is 18.0 Å². The van der Waals surface area contributed by atoms with Crippen molar-refractivity contribution in [2.24, 2.45) is 7.05 Å². The van der Waals surface area contributed by atoms with Crippen molar-refractivity contribution < 1.29 is 22.7 Å². The predicted octanol–water partition coefficient (Wildman–Crippen LogP) is 4.77. The lowest BCUT2D eigenvalue weighted by Gasteiger charge is -2.22. The van der Waals surface area contributed by atoms with Crippen molar-refractivity contribution in [1.82, 2.24) is 15.1 Å². The summed E-state index contributed by atoms with van der Waals surface area (Å²) in [5.74, 6) is 0.00443. The number of alkyl halides is 3. The van der Waals surface area contributed by atoms with E-state index in [1.807, 2.05) is 42.5 Å². The van der Waals surface area contributed by atoms with Crippen molar-refractivity contribution in [2.75, 3.05) is 6.61 Å². The van der Waals surface area contributed by atoms with E-state index in [0.29, 0.717) is 17.9 Å². The van der Waals surface area contributed by atoms with E-state index in [1.54, 1.807) is 14.0 Å². The summed E-state index contributed by atoms with van der Waals surface area (Å²) in [7, 11) is 1.58. The molecule has 0 saturated heterocycles. The molecule has 0 fully saturated rings. The van der Waals surface area contributed by atoms with Crippen LogP contribution in [0, 0.1) is 13.8 Å². The van der Waals surface area contributed by atoms with Crippen LogP contribution in [0.2, 0.25) is 0 Å². The maximum atomic E-state index is 13.6. The van der Waals surface area contributed by atoms with Crippen LogP contribution in [0.15, 0.2) is 42.5 Å². The van der Waals surface area contributed by atoms with Gasteiger partial charge in [-0.2, -0.15) is 18.3 Å². The lowest BCUT2D eigenvalue weighted by Crippen LogP contribution is -2.38. The molecule has 0 aliphatic carbocycles. The van der Waals surface area contributed by atoms with Gasteiger partial charge in [-0.05, 0) is 31.7 Å². The number of benzene rings is 2. The van der Waals surface area contributed by atoms with Crippen LogP contribution in [-0.2, 0) is 11.8 Å². The van der Waals surface area contributed by atoms with E-state index in [2.05, 4.69) is 10.4 Å². The third kappa shape index (κ3) is 4.75. The summed E-state index contributed by atoms with van der Waals surface area (Å²) in [6, 6.07) is 11.3. The molecule has 0 aliphatic rings. The molecule has 8 heteroatoms. The smallest absolute Gasteiger partial charge is 0.413 e. The maximum absolute atomic E-state index is 13.6. The van der Waals surface area contributed by atoms with Gasteiger partial charge in [0.2, 0.25) is 5.91 Å². The SMILES string of the molecule is Cc1nn(C)c(C)c1C(NC(=O)CCCOc1cccc2ccccc12)C(F)(F)F. The number of hydrogen-bond donors (Lipinski definition) is 1. The number of halogens is 3. The molecule has 30 heavy (non-hydrogen) atoms. The summed E-state index contributed by atoms with van der Waals surface area (Å²) in [6.45, 7) is 3.28. The summed E-state index contributed by atoms with van der Waals surface area (Å²) in [5.41, 5.74) is 0.608. The fourth-order valence-corrected chi connectivity index (χ4v) is 3.49. The number of amides is 1. The Balaban J connectivity index is 1.60. The van der Waals surface area contributed by atoms with Gasteiger partial charge >= 0.3 is 6.18 Å². The molecule has 2 aromatic carbocycles. The number of nitrogens with one attached hydrogen (secondary N) is 1. The number of rotatable bonds is 7. The van der Waals surface area contributed by atoms with Crippen LogP contribution < -0.4 is 10.1 Å². The Hall–Kier alpha value is -3.03. The zero-order valence-corrected chi connectivity index (χ0v) is 17.1. The average Bonchev–Trinajstić information content (AvgIpc) is 2.94. The number of hydrogen-bond acceptors (Lipinski definition) is 3. The summed E-state index contributed by atoms with van der Waals surface area (Å²) in [4.78, 5) is 12.2. The first kappa shape index (κ1) is 21.7. The molecule has 160 valence electrons. The third-order valence-electron chi connectivity index (χ3n) is 5.04. The van der Waals surface area contributed by atoms with Crippen LogP contribution in [0.4, 0.5) is 13.2 Å². The largest absolute Gasteiger partial charge is 0.493 e. The molecular weight excluding hydrogens is 395 g/mol. The van der Waals surface area contributed by atoms with Crippen LogP contribution in [0.25, 0.3) is 10.8 Å². The zero-order valence-electron chi connectivity index (χ0n) is 17.1. The van der Waals surface area contributed by atoms with Crippen LogP contribution in [0.5, 0.6) is 5.75 Å². The molecular formula is C22H24F3N3O2. The Morgan fingerprint density at radius 1 is 1.17 bits per heavy atom. The Morgan fingerprint density at radius 2 is 1.87 bits per heavy atom. The van der Waals surface area contributed by atoms with Crippen LogP contribution in [0.3, 0.4) is 0 Å². The normalized spacial score (nSPS) is 12.7. The second-order valence-corrected chi connectivity index (χ2v) is 7.18. The number of carbonyl (C=O) groups excluding carboxylic acids is 1. The number of aryl methyl sites for hydroxylation is 2. The number of carbonyl (C=O) groups is 1. The first-order valence-electron chi connectivity index (χ1n) is 9.65. The van der Waals surface area contributed by atoms with E-state index in [4.69, 9.17) is 4.74 Å². The second kappa shape index (κ2) is 8.77. The summed E-state index contributed by atoms with van der Waals surface area (Å²) in [6.07, 6.45) is -4.39. The molecule has 1 aromatic heterocycles. The van der Waals surface area contributed by atoms with Crippen molar-refractivity contribution in [3.8, 4) is 5.75 Å². The van der Waals surface area contributed by atoms with Crippen LogP contribution in [-0.4, -0.2) is 28.5 Å². The fourth-order valence-electron chi connectivity index (χ4n) is 3.49. The highest BCUT2D eigenvalue weighted by Crippen LogP contribution is 2.36. The Labute approximate surface area is 172 Å². The minimum atomic E-state index is -4.62. The fraction of sp³-hybridized carbons (Fsp3) is 0.364. The second-order valence-electron chi connectivity index (χ2n) is 7.18. The van der Waals surface area contributed by atoms with Crippen molar-refractivity contribution in [2.45, 2.75) is 38.9 Å². The highest BCUT2D eigenvalue weighted by molar-refractivity contribution is 5.88. The topological polar surface area (TPSA) is 56.2 Å². The van der Waals surface area contributed by atoms with E-state index in [0.717, 1.165) is 10.8 Å². The van der Waals surface area contributed by atoms with Crippen molar-refractivity contribution in [1.29, 1.82) is 0 Å². The van der Waals surface area contributed by atoms with E-state index in [1.165, 1.54) is 11.6 Å². The van der Waals surface area contributed by atoms with Gasteiger partial charge in [0.1, 0.15) is 5.75 Å². The summed E-state index contributed by atoms with van der Waals surface area (Å²) < 4.78 is 48.0. The van der Waals surface area contributed by atoms with E-state index in [-0.39, 0.29) is 24.3 Å². The van der Waals surface area contributed by atoms with Crippen LogP contribution >= 0.6 is 0 Å². The monoisotopic (exact) mass is 419 g/mol. The highest BCUT2D eigenvalue weighted by atomic mass is 19.4. The van der Waals surface area contributed by atoms with E-state index < -0.39 is 18.1 Å². The molecule has 0 spiro atoms. The molecule has 3 aromatic rings. The minimum Gasteiger partial charge on any atom is -0.493 e. The molecule has 1 atom stereocenters. The average molecular weight is 419 g/mol. The lowest BCUT2D eigenvalue weighted by atomic mass is 10.0. The molecule has 5 nitrogen and oxygen atoms in total.